The Balaban J connectivity index is 1.71. The van der Waals surface area contributed by atoms with Crippen LogP contribution in [0, 0.1) is 0 Å². The van der Waals surface area contributed by atoms with Gasteiger partial charge in [0.25, 0.3) is 0 Å². The first-order valence-corrected chi connectivity index (χ1v) is 14.5. The second-order valence-corrected chi connectivity index (χ2v) is 16.2. The molecular weight excluding hydrogens is 438 g/mol. The monoisotopic (exact) mass is 471 g/mol. The van der Waals surface area contributed by atoms with E-state index in [0.29, 0.717) is 11.7 Å². The molecule has 6 nitrogen and oxygen atoms in total. The van der Waals surface area contributed by atoms with Gasteiger partial charge in [0.2, 0.25) is 0 Å². The Morgan fingerprint density at radius 2 is 1.66 bits per heavy atom. The van der Waals surface area contributed by atoms with Gasteiger partial charge in [-0.3, -0.25) is 5.32 Å². The van der Waals surface area contributed by atoms with Gasteiger partial charge in [-0.05, 0) is 56.6 Å². The summed E-state index contributed by atoms with van der Waals surface area (Å²) in [7, 11) is -1.78. The molecule has 0 spiro atoms. The lowest BCUT2D eigenvalue weighted by molar-refractivity contribution is 0.0636. The van der Waals surface area contributed by atoms with E-state index in [0.717, 1.165) is 27.2 Å². The molecule has 0 aliphatic heterocycles. The number of thiazole rings is 1. The predicted molar refractivity (Wildman–Crippen MR) is 135 cm³/mol. The molecule has 0 bridgehead atoms. The van der Waals surface area contributed by atoms with Crippen LogP contribution in [0.5, 0.6) is 0 Å². The Kier molecular flexibility index (Phi) is 6.79. The summed E-state index contributed by atoms with van der Waals surface area (Å²) in [6.45, 7) is 17.4. The number of carbonyl (C=O) groups excluding carboxylic acids is 1. The van der Waals surface area contributed by atoms with Crippen LogP contribution < -0.4 is 5.32 Å². The Morgan fingerprint density at radius 1 is 1.00 bits per heavy atom. The summed E-state index contributed by atoms with van der Waals surface area (Å²) in [5, 5.41) is 3.35. The maximum absolute atomic E-state index is 12.0. The number of anilines is 1. The second kappa shape index (κ2) is 8.92. The fraction of sp³-hybridized carbons (Fsp3) is 0.458. The minimum absolute atomic E-state index is 0.193. The summed E-state index contributed by atoms with van der Waals surface area (Å²) < 4.78 is 11.6. The molecule has 0 fully saturated rings. The number of carbonyl (C=O) groups is 1. The van der Waals surface area contributed by atoms with E-state index in [2.05, 4.69) is 68.4 Å². The number of pyridine rings is 1. The number of aromatic nitrogens is 2. The maximum atomic E-state index is 12.0. The first kappa shape index (κ1) is 24.4. The smallest absolute Gasteiger partial charge is 0.413 e. The standard InChI is InChI=1S/C24H33N3O3SSi/c1-23(2,3)30-22(28)27-21-26-19-14-13-18(25-20(19)31-21)17-11-9-16(10-12-17)15-29-32(7,8)24(4,5)6/h9-14H,15H2,1-8H3,(H,26,27,28). The number of benzene rings is 1. The van der Waals surface area contributed by atoms with E-state index in [1.807, 2.05) is 32.9 Å². The number of fused-ring (bicyclic) bond motifs is 1. The molecule has 0 atom stereocenters. The number of amides is 1. The van der Waals surface area contributed by atoms with E-state index in [1.54, 1.807) is 0 Å². The summed E-state index contributed by atoms with van der Waals surface area (Å²) in [5.74, 6) is 0. The van der Waals surface area contributed by atoms with Gasteiger partial charge in [0.05, 0.1) is 12.3 Å². The Hall–Kier alpha value is -2.29. The van der Waals surface area contributed by atoms with Crippen LogP contribution in [0.1, 0.15) is 47.1 Å². The third-order valence-electron chi connectivity index (χ3n) is 5.52. The Bertz CT molecular complexity index is 1100. The van der Waals surface area contributed by atoms with E-state index < -0.39 is 20.0 Å². The van der Waals surface area contributed by atoms with E-state index in [-0.39, 0.29) is 5.04 Å². The lowest BCUT2D eigenvalue weighted by Crippen LogP contribution is -2.40. The maximum Gasteiger partial charge on any atom is 0.413 e. The molecule has 32 heavy (non-hydrogen) atoms. The van der Waals surface area contributed by atoms with Gasteiger partial charge in [-0.1, -0.05) is 56.4 Å². The summed E-state index contributed by atoms with van der Waals surface area (Å²) in [6.07, 6.45) is -0.521. The van der Waals surface area contributed by atoms with Crippen LogP contribution >= 0.6 is 11.3 Å². The topological polar surface area (TPSA) is 73.3 Å². The van der Waals surface area contributed by atoms with Crippen LogP contribution in [0.2, 0.25) is 18.1 Å². The fourth-order valence-corrected chi connectivity index (χ4v) is 4.46. The lowest BCUT2D eigenvalue weighted by Gasteiger charge is -2.36. The average molecular weight is 472 g/mol. The number of hydrogen-bond donors (Lipinski definition) is 1. The molecule has 1 N–H and O–H groups in total. The zero-order valence-electron chi connectivity index (χ0n) is 20.2. The molecule has 0 aliphatic rings. The van der Waals surface area contributed by atoms with Crippen LogP contribution in [0.15, 0.2) is 36.4 Å². The average Bonchev–Trinajstić information content (AvgIpc) is 3.05. The zero-order chi connectivity index (χ0) is 23.7. The third kappa shape index (κ3) is 6.15. The highest BCUT2D eigenvalue weighted by atomic mass is 32.1. The molecule has 1 amide bonds. The molecule has 0 saturated carbocycles. The predicted octanol–water partition coefficient (Wildman–Crippen LogP) is 7.23. The van der Waals surface area contributed by atoms with Gasteiger partial charge in [-0.15, -0.1) is 0 Å². The SMILES string of the molecule is CC(C)(C)OC(=O)Nc1nc2ccc(-c3ccc(CO[Si](C)(C)C(C)(C)C)cc3)nc2s1. The van der Waals surface area contributed by atoms with Crippen molar-refractivity contribution in [1.29, 1.82) is 0 Å². The van der Waals surface area contributed by atoms with Gasteiger partial charge < -0.3 is 9.16 Å². The first-order chi connectivity index (χ1) is 14.7. The molecule has 2 aromatic heterocycles. The molecule has 3 aromatic rings. The first-order valence-electron chi connectivity index (χ1n) is 10.7. The summed E-state index contributed by atoms with van der Waals surface area (Å²) in [5.41, 5.74) is 3.22. The van der Waals surface area contributed by atoms with E-state index in [1.165, 1.54) is 11.3 Å². The van der Waals surface area contributed by atoms with Gasteiger partial charge in [-0.25, -0.2) is 14.8 Å². The van der Waals surface area contributed by atoms with Crippen molar-refractivity contribution in [2.75, 3.05) is 5.32 Å². The van der Waals surface area contributed by atoms with Crippen LogP contribution in [0.25, 0.3) is 21.6 Å². The van der Waals surface area contributed by atoms with Crippen LogP contribution in [0.3, 0.4) is 0 Å². The van der Waals surface area contributed by atoms with Crippen molar-refractivity contribution in [3.63, 3.8) is 0 Å². The van der Waals surface area contributed by atoms with Crippen molar-refractivity contribution in [3.05, 3.63) is 42.0 Å². The summed E-state index contributed by atoms with van der Waals surface area (Å²) in [4.78, 5) is 21.9. The largest absolute Gasteiger partial charge is 0.444 e. The van der Waals surface area contributed by atoms with Crippen molar-refractivity contribution in [1.82, 2.24) is 9.97 Å². The molecule has 0 aliphatic carbocycles. The van der Waals surface area contributed by atoms with E-state index in [9.17, 15) is 4.79 Å². The summed E-state index contributed by atoms with van der Waals surface area (Å²) in [6, 6.07) is 12.2. The van der Waals surface area contributed by atoms with Gasteiger partial charge in [0.15, 0.2) is 13.4 Å². The van der Waals surface area contributed by atoms with Gasteiger partial charge in [-0.2, -0.15) is 0 Å². The fourth-order valence-electron chi connectivity index (χ4n) is 2.67. The normalized spacial score (nSPS) is 12.8. The molecule has 8 heteroatoms. The summed E-state index contributed by atoms with van der Waals surface area (Å²) >= 11 is 1.33. The number of nitrogens with one attached hydrogen (secondary N) is 1. The molecule has 0 unspecified atom stereocenters. The molecule has 1 aromatic carbocycles. The van der Waals surface area contributed by atoms with Crippen LogP contribution in [0.4, 0.5) is 9.93 Å². The molecule has 0 radical (unpaired) electrons. The van der Waals surface area contributed by atoms with Crippen molar-refractivity contribution < 1.29 is 14.0 Å². The zero-order valence-corrected chi connectivity index (χ0v) is 22.0. The van der Waals surface area contributed by atoms with Crippen LogP contribution in [-0.2, 0) is 15.8 Å². The highest BCUT2D eigenvalue weighted by molar-refractivity contribution is 7.21. The highest BCUT2D eigenvalue weighted by Crippen LogP contribution is 2.37. The highest BCUT2D eigenvalue weighted by Gasteiger charge is 2.37. The minimum atomic E-state index is -1.78. The molecular formula is C24H33N3O3SSi. The number of ether oxygens (including phenoxy) is 1. The van der Waals surface area contributed by atoms with Crippen molar-refractivity contribution >= 4 is 41.2 Å². The number of nitrogens with zero attached hydrogens (tertiary/aromatic N) is 2. The van der Waals surface area contributed by atoms with Crippen molar-refractivity contribution in [2.45, 2.75) is 71.9 Å². The molecule has 0 saturated heterocycles. The molecule has 172 valence electrons. The van der Waals surface area contributed by atoms with Gasteiger partial charge in [0.1, 0.15) is 15.9 Å². The van der Waals surface area contributed by atoms with E-state index in [4.69, 9.17) is 14.1 Å². The lowest BCUT2D eigenvalue weighted by atomic mass is 10.1. The Morgan fingerprint density at radius 3 is 2.25 bits per heavy atom. The number of rotatable bonds is 5. The minimum Gasteiger partial charge on any atom is -0.444 e. The quantitative estimate of drug-likeness (QED) is 0.397. The van der Waals surface area contributed by atoms with Crippen molar-refractivity contribution in [2.24, 2.45) is 0 Å². The number of hydrogen-bond acceptors (Lipinski definition) is 6. The third-order valence-corrected chi connectivity index (χ3v) is 10.9. The molecule has 2 heterocycles. The van der Waals surface area contributed by atoms with Crippen molar-refractivity contribution in [3.8, 4) is 11.3 Å². The van der Waals surface area contributed by atoms with Gasteiger partial charge in [0, 0.05) is 5.56 Å². The molecule has 3 rings (SSSR count). The van der Waals surface area contributed by atoms with Gasteiger partial charge >= 0.3 is 6.09 Å². The Labute approximate surface area is 195 Å². The van der Waals surface area contributed by atoms with E-state index >= 15 is 0 Å². The van der Waals surface area contributed by atoms with Crippen LogP contribution in [-0.4, -0.2) is 30.0 Å². The second-order valence-electron chi connectivity index (χ2n) is 10.4.